The molecule has 0 radical (unpaired) electrons. The molecule has 1 fully saturated rings. The Hall–Kier alpha value is -1.61. The Labute approximate surface area is 326 Å². The average Bonchev–Trinajstić information content (AvgIpc) is 3.13. The molecule has 13 heteroatoms. The first-order chi connectivity index (χ1) is 26.0. The van der Waals surface area contributed by atoms with Gasteiger partial charge in [-0.25, -0.2) is 0 Å². The van der Waals surface area contributed by atoms with Gasteiger partial charge in [-0.05, 0) is 38.5 Å². The molecule has 1 aliphatic rings. The van der Waals surface area contributed by atoms with E-state index < -0.39 is 71.2 Å². The summed E-state index contributed by atoms with van der Waals surface area (Å²) in [5, 5.41) is 30.8. The highest BCUT2D eigenvalue weighted by Gasteiger charge is 2.46. The number of hydrogen-bond donors (Lipinski definition) is 4. The third-order valence-electron chi connectivity index (χ3n) is 9.85. The van der Waals surface area contributed by atoms with Gasteiger partial charge in [-0.3, -0.25) is 14.1 Å². The SMILES string of the molecule is CCCCCCCC/C=C\CCCCCCCC(=O)OC(COC(=O)CCCCCCCCCCCCC)COC1OC(CS(=O)(=O)O)C(O)C(O)C1O. The molecule has 1 rings (SSSR count). The number of carbonyl (C=O) groups is 2. The molecule has 0 aromatic carbocycles. The lowest BCUT2D eigenvalue weighted by molar-refractivity contribution is -0.297. The van der Waals surface area contributed by atoms with Gasteiger partial charge in [-0.2, -0.15) is 8.42 Å². The van der Waals surface area contributed by atoms with Crippen LogP contribution in [-0.4, -0.2) is 96.0 Å². The number of ether oxygens (including phenoxy) is 4. The van der Waals surface area contributed by atoms with Crippen molar-refractivity contribution in [3.63, 3.8) is 0 Å². The summed E-state index contributed by atoms with van der Waals surface area (Å²) in [5.74, 6) is -1.99. The van der Waals surface area contributed by atoms with Crippen molar-refractivity contribution in [2.45, 2.75) is 218 Å². The Morgan fingerprint density at radius 2 is 1.06 bits per heavy atom. The zero-order valence-corrected chi connectivity index (χ0v) is 34.4. The maximum atomic E-state index is 12.8. The van der Waals surface area contributed by atoms with E-state index in [1.807, 2.05) is 0 Å². The first-order valence-electron chi connectivity index (χ1n) is 21.2. The van der Waals surface area contributed by atoms with Gasteiger partial charge >= 0.3 is 11.9 Å². The Balaban J connectivity index is 2.48. The molecule has 0 saturated carbocycles. The van der Waals surface area contributed by atoms with Gasteiger partial charge in [0.05, 0.1) is 6.61 Å². The van der Waals surface area contributed by atoms with Gasteiger partial charge in [0, 0.05) is 12.8 Å². The lowest BCUT2D eigenvalue weighted by Gasteiger charge is -2.40. The Bertz CT molecular complexity index is 1070. The number of carbonyl (C=O) groups excluding carboxylic acids is 2. The molecule has 318 valence electrons. The van der Waals surface area contributed by atoms with E-state index in [1.165, 1.54) is 83.5 Å². The molecular weight excluding hydrogens is 717 g/mol. The summed E-state index contributed by atoms with van der Waals surface area (Å²) in [7, 11) is -4.60. The quantitative estimate of drug-likeness (QED) is 0.0211. The van der Waals surface area contributed by atoms with Crippen LogP contribution in [0.1, 0.15) is 181 Å². The van der Waals surface area contributed by atoms with E-state index in [2.05, 4.69) is 26.0 Å². The second-order valence-corrected chi connectivity index (χ2v) is 16.5. The normalized spacial score (nSPS) is 21.0. The van der Waals surface area contributed by atoms with E-state index in [1.54, 1.807) is 0 Å². The van der Waals surface area contributed by atoms with Gasteiger partial charge in [0.1, 0.15) is 36.8 Å². The standard InChI is InChI=1S/C41H76O12S/c1-3-5-7-9-11-13-15-16-17-18-20-22-24-26-28-30-37(43)52-34(31-50-36(42)29-27-25-23-21-19-14-12-10-8-6-4-2)32-51-41-40(46)39(45)38(44)35(53-41)33-54(47,48)49/h16-17,34-35,38-41,44-46H,3-15,18-33H2,1-2H3,(H,47,48,49)/b17-16-. The summed E-state index contributed by atoms with van der Waals surface area (Å²) in [6.45, 7) is 3.73. The summed E-state index contributed by atoms with van der Waals surface area (Å²) < 4.78 is 53.9. The van der Waals surface area contributed by atoms with Crippen LogP contribution in [0.5, 0.6) is 0 Å². The predicted octanol–water partition coefficient (Wildman–Crippen LogP) is 7.89. The van der Waals surface area contributed by atoms with Crippen LogP contribution in [0.25, 0.3) is 0 Å². The molecule has 0 aliphatic carbocycles. The molecule has 1 heterocycles. The number of rotatable bonds is 35. The van der Waals surface area contributed by atoms with Crippen LogP contribution >= 0.6 is 0 Å². The summed E-state index contributed by atoms with van der Waals surface area (Å²) in [6, 6.07) is 0. The Morgan fingerprint density at radius 1 is 0.611 bits per heavy atom. The molecule has 0 bridgehead atoms. The molecule has 6 unspecified atom stereocenters. The first-order valence-corrected chi connectivity index (χ1v) is 22.9. The summed E-state index contributed by atoms with van der Waals surface area (Å²) >= 11 is 0. The van der Waals surface area contributed by atoms with E-state index in [0.717, 1.165) is 57.8 Å². The zero-order chi connectivity index (χ0) is 39.9. The van der Waals surface area contributed by atoms with Gasteiger partial charge in [-0.15, -0.1) is 0 Å². The smallest absolute Gasteiger partial charge is 0.306 e. The minimum absolute atomic E-state index is 0.158. The van der Waals surface area contributed by atoms with Crippen molar-refractivity contribution in [3.8, 4) is 0 Å². The summed E-state index contributed by atoms with van der Waals surface area (Å²) in [6.07, 6.45) is 22.6. The molecule has 6 atom stereocenters. The maximum absolute atomic E-state index is 12.8. The molecule has 0 aromatic rings. The number of unbranched alkanes of at least 4 members (excludes halogenated alkanes) is 21. The van der Waals surface area contributed by atoms with Gasteiger partial charge in [-0.1, -0.05) is 142 Å². The van der Waals surface area contributed by atoms with E-state index in [4.69, 9.17) is 18.9 Å². The van der Waals surface area contributed by atoms with Crippen LogP contribution in [-0.2, 0) is 38.7 Å². The summed E-state index contributed by atoms with van der Waals surface area (Å²) in [5.41, 5.74) is 0. The van der Waals surface area contributed by atoms with Crippen LogP contribution in [0.15, 0.2) is 12.2 Å². The topological polar surface area (TPSA) is 186 Å². The van der Waals surface area contributed by atoms with Crippen molar-refractivity contribution < 1.29 is 56.8 Å². The Kier molecular flexibility index (Phi) is 30.3. The van der Waals surface area contributed by atoms with Crippen LogP contribution in [0, 0.1) is 0 Å². The first kappa shape index (κ1) is 50.4. The maximum Gasteiger partial charge on any atom is 0.306 e. The molecule has 12 nitrogen and oxygen atoms in total. The molecule has 4 N–H and O–H groups in total. The highest BCUT2D eigenvalue weighted by Crippen LogP contribution is 2.24. The lowest BCUT2D eigenvalue weighted by atomic mass is 10.00. The fraction of sp³-hybridized carbons (Fsp3) is 0.902. The van der Waals surface area contributed by atoms with E-state index in [0.29, 0.717) is 12.8 Å². The lowest BCUT2D eigenvalue weighted by Crippen LogP contribution is -2.60. The second-order valence-electron chi connectivity index (χ2n) is 15.0. The Morgan fingerprint density at radius 3 is 1.54 bits per heavy atom. The fourth-order valence-corrected chi connectivity index (χ4v) is 7.19. The van der Waals surface area contributed by atoms with Crippen LogP contribution in [0.3, 0.4) is 0 Å². The molecule has 1 saturated heterocycles. The number of allylic oxidation sites excluding steroid dienone is 2. The van der Waals surface area contributed by atoms with Crippen LogP contribution in [0.4, 0.5) is 0 Å². The molecule has 1 aliphatic heterocycles. The number of esters is 2. The van der Waals surface area contributed by atoms with Gasteiger partial charge < -0.3 is 34.3 Å². The second kappa shape index (κ2) is 32.5. The summed E-state index contributed by atoms with van der Waals surface area (Å²) in [4.78, 5) is 25.3. The van der Waals surface area contributed by atoms with E-state index in [-0.39, 0.29) is 19.4 Å². The van der Waals surface area contributed by atoms with E-state index >= 15 is 0 Å². The molecule has 0 spiro atoms. The minimum Gasteiger partial charge on any atom is -0.462 e. The van der Waals surface area contributed by atoms with Crippen molar-refractivity contribution in [3.05, 3.63) is 12.2 Å². The molecule has 54 heavy (non-hydrogen) atoms. The number of aliphatic hydroxyl groups is 3. The van der Waals surface area contributed by atoms with Gasteiger partial charge in [0.15, 0.2) is 12.4 Å². The van der Waals surface area contributed by atoms with E-state index in [9.17, 15) is 37.9 Å². The van der Waals surface area contributed by atoms with Crippen molar-refractivity contribution in [2.24, 2.45) is 0 Å². The number of aliphatic hydroxyl groups excluding tert-OH is 3. The zero-order valence-electron chi connectivity index (χ0n) is 33.6. The third kappa shape index (κ3) is 27.1. The molecular formula is C41H76O12S. The largest absolute Gasteiger partial charge is 0.462 e. The minimum atomic E-state index is -4.60. The van der Waals surface area contributed by atoms with Crippen molar-refractivity contribution in [2.75, 3.05) is 19.0 Å². The van der Waals surface area contributed by atoms with Crippen molar-refractivity contribution in [1.82, 2.24) is 0 Å². The number of hydrogen-bond acceptors (Lipinski definition) is 11. The van der Waals surface area contributed by atoms with Crippen molar-refractivity contribution >= 4 is 22.1 Å². The fourth-order valence-electron chi connectivity index (χ4n) is 6.49. The molecule has 0 amide bonds. The van der Waals surface area contributed by atoms with Crippen molar-refractivity contribution in [1.29, 1.82) is 0 Å². The highest BCUT2D eigenvalue weighted by molar-refractivity contribution is 7.85. The monoisotopic (exact) mass is 793 g/mol. The average molecular weight is 793 g/mol. The predicted molar refractivity (Wildman–Crippen MR) is 210 cm³/mol. The van der Waals surface area contributed by atoms with Crippen LogP contribution in [0.2, 0.25) is 0 Å². The third-order valence-corrected chi connectivity index (χ3v) is 10.6. The highest BCUT2D eigenvalue weighted by atomic mass is 32.2. The van der Waals surface area contributed by atoms with Crippen LogP contribution < -0.4 is 0 Å². The molecule has 0 aromatic heterocycles. The van der Waals surface area contributed by atoms with Gasteiger partial charge in [0.25, 0.3) is 10.1 Å². The van der Waals surface area contributed by atoms with Gasteiger partial charge in [0.2, 0.25) is 0 Å².